The first kappa shape index (κ1) is 12.6. The van der Waals surface area contributed by atoms with Crippen molar-refractivity contribution in [3.63, 3.8) is 0 Å². The molecule has 0 saturated carbocycles. The smallest absolute Gasteiger partial charge is 0.261 e. The zero-order valence-electron chi connectivity index (χ0n) is 10.5. The van der Waals surface area contributed by atoms with Crippen LogP contribution in [-0.4, -0.2) is 20.8 Å². The Labute approximate surface area is 105 Å². The van der Waals surface area contributed by atoms with Crippen LogP contribution in [0.3, 0.4) is 0 Å². The Morgan fingerprint density at radius 3 is 2.83 bits per heavy atom. The molecule has 0 aliphatic rings. The van der Waals surface area contributed by atoms with Gasteiger partial charge in [-0.3, -0.25) is 9.36 Å². The maximum Gasteiger partial charge on any atom is 0.261 e. The lowest BCUT2D eigenvalue weighted by Gasteiger charge is -2.15. The Bertz CT molecular complexity index is 619. The van der Waals surface area contributed by atoms with Crippen LogP contribution in [0.15, 0.2) is 29.3 Å². The molecule has 0 bridgehead atoms. The highest BCUT2D eigenvalue weighted by Gasteiger charge is 2.12. The summed E-state index contributed by atoms with van der Waals surface area (Å²) >= 11 is 0. The second-order valence-corrected chi connectivity index (χ2v) is 4.79. The fourth-order valence-corrected chi connectivity index (χ4v) is 1.72. The summed E-state index contributed by atoms with van der Waals surface area (Å²) in [5, 5.41) is 10.3. The average molecular weight is 247 g/mol. The molecule has 1 aromatic heterocycles. The van der Waals surface area contributed by atoms with E-state index in [9.17, 15) is 9.90 Å². The molecule has 0 saturated heterocycles. The molecule has 0 amide bonds. The molecular weight excluding hydrogens is 230 g/mol. The zero-order valence-corrected chi connectivity index (χ0v) is 10.5. The third-order valence-electron chi connectivity index (χ3n) is 3.00. The lowest BCUT2D eigenvalue weighted by atomic mass is 10.1. The number of nitrogens with zero attached hydrogens (tertiary/aromatic N) is 2. The SMILES string of the molecule is CC(C)C(O)Cn1cnc2ccc(N)cc2c1=O. The number of hydrogen-bond acceptors (Lipinski definition) is 4. The van der Waals surface area contributed by atoms with Gasteiger partial charge in [0.1, 0.15) is 0 Å². The third-order valence-corrected chi connectivity index (χ3v) is 3.00. The van der Waals surface area contributed by atoms with E-state index in [4.69, 9.17) is 5.73 Å². The van der Waals surface area contributed by atoms with Crippen molar-refractivity contribution >= 4 is 16.6 Å². The number of aliphatic hydroxyl groups is 1. The number of rotatable bonds is 3. The van der Waals surface area contributed by atoms with E-state index in [1.807, 2.05) is 13.8 Å². The summed E-state index contributed by atoms with van der Waals surface area (Å²) in [4.78, 5) is 16.4. The molecule has 5 nitrogen and oxygen atoms in total. The van der Waals surface area contributed by atoms with E-state index in [1.54, 1.807) is 18.2 Å². The molecule has 18 heavy (non-hydrogen) atoms. The molecule has 5 heteroatoms. The lowest BCUT2D eigenvalue weighted by Crippen LogP contribution is -2.29. The van der Waals surface area contributed by atoms with E-state index >= 15 is 0 Å². The van der Waals surface area contributed by atoms with Gasteiger partial charge in [-0.05, 0) is 24.1 Å². The summed E-state index contributed by atoms with van der Waals surface area (Å²) in [6, 6.07) is 5.04. The minimum Gasteiger partial charge on any atom is -0.399 e. The molecule has 96 valence electrons. The van der Waals surface area contributed by atoms with Gasteiger partial charge in [-0.15, -0.1) is 0 Å². The average Bonchev–Trinajstić information content (AvgIpc) is 2.33. The number of anilines is 1. The van der Waals surface area contributed by atoms with Crippen LogP contribution < -0.4 is 11.3 Å². The van der Waals surface area contributed by atoms with E-state index in [-0.39, 0.29) is 18.0 Å². The maximum absolute atomic E-state index is 12.2. The molecule has 0 aliphatic heterocycles. The molecule has 1 aromatic carbocycles. The number of hydrogen-bond donors (Lipinski definition) is 2. The predicted octanol–water partition coefficient (Wildman–Crippen LogP) is 0.996. The van der Waals surface area contributed by atoms with Crippen LogP contribution in [0.4, 0.5) is 5.69 Å². The molecule has 3 N–H and O–H groups in total. The fraction of sp³-hybridized carbons (Fsp3) is 0.385. The van der Waals surface area contributed by atoms with Crippen molar-refractivity contribution in [3.05, 3.63) is 34.9 Å². The Balaban J connectivity index is 2.47. The molecule has 0 fully saturated rings. The van der Waals surface area contributed by atoms with Gasteiger partial charge in [0.15, 0.2) is 0 Å². The van der Waals surface area contributed by atoms with E-state index < -0.39 is 6.10 Å². The summed E-state index contributed by atoms with van der Waals surface area (Å²) < 4.78 is 1.42. The van der Waals surface area contributed by atoms with Crippen molar-refractivity contribution in [1.82, 2.24) is 9.55 Å². The Morgan fingerprint density at radius 1 is 1.44 bits per heavy atom. The third kappa shape index (κ3) is 2.36. The van der Waals surface area contributed by atoms with Crippen LogP contribution in [-0.2, 0) is 6.54 Å². The first-order chi connectivity index (χ1) is 8.49. The first-order valence-corrected chi connectivity index (χ1v) is 5.92. The van der Waals surface area contributed by atoms with Crippen molar-refractivity contribution < 1.29 is 5.11 Å². The number of fused-ring (bicyclic) bond motifs is 1. The van der Waals surface area contributed by atoms with Crippen LogP contribution in [0.1, 0.15) is 13.8 Å². The lowest BCUT2D eigenvalue weighted by molar-refractivity contribution is 0.105. The van der Waals surface area contributed by atoms with Gasteiger partial charge in [-0.1, -0.05) is 13.8 Å². The number of aromatic nitrogens is 2. The van der Waals surface area contributed by atoms with E-state index in [0.717, 1.165) is 0 Å². The highest BCUT2D eigenvalue weighted by Crippen LogP contribution is 2.11. The zero-order chi connectivity index (χ0) is 13.3. The van der Waals surface area contributed by atoms with Crippen LogP contribution in [0, 0.1) is 5.92 Å². The molecule has 0 aliphatic carbocycles. The van der Waals surface area contributed by atoms with Crippen molar-refractivity contribution in [1.29, 1.82) is 0 Å². The monoisotopic (exact) mass is 247 g/mol. The quantitative estimate of drug-likeness (QED) is 0.793. The molecule has 0 radical (unpaired) electrons. The second-order valence-electron chi connectivity index (χ2n) is 4.79. The first-order valence-electron chi connectivity index (χ1n) is 5.92. The molecule has 2 rings (SSSR count). The van der Waals surface area contributed by atoms with Gasteiger partial charge in [0, 0.05) is 5.69 Å². The van der Waals surface area contributed by atoms with Gasteiger partial charge in [-0.25, -0.2) is 4.98 Å². The highest BCUT2D eigenvalue weighted by molar-refractivity contribution is 5.80. The summed E-state index contributed by atoms with van der Waals surface area (Å²) in [5.41, 5.74) is 6.64. The number of nitrogen functional groups attached to an aromatic ring is 1. The van der Waals surface area contributed by atoms with Gasteiger partial charge in [0.2, 0.25) is 0 Å². The Kier molecular flexibility index (Phi) is 3.34. The normalized spacial score (nSPS) is 13.1. The van der Waals surface area contributed by atoms with Crippen molar-refractivity contribution in [2.45, 2.75) is 26.5 Å². The minimum atomic E-state index is -0.567. The molecule has 1 atom stereocenters. The largest absolute Gasteiger partial charge is 0.399 e. The maximum atomic E-state index is 12.2. The summed E-state index contributed by atoms with van der Waals surface area (Å²) in [7, 11) is 0. The summed E-state index contributed by atoms with van der Waals surface area (Å²) in [6.07, 6.45) is 0.898. The van der Waals surface area contributed by atoms with Gasteiger partial charge in [0.25, 0.3) is 5.56 Å². The van der Waals surface area contributed by atoms with Gasteiger partial charge in [-0.2, -0.15) is 0 Å². The molecule has 2 aromatic rings. The minimum absolute atomic E-state index is 0.0911. The summed E-state index contributed by atoms with van der Waals surface area (Å²) in [5.74, 6) is 0.0911. The Morgan fingerprint density at radius 2 is 2.17 bits per heavy atom. The van der Waals surface area contributed by atoms with Crippen LogP contribution in [0.2, 0.25) is 0 Å². The van der Waals surface area contributed by atoms with Crippen molar-refractivity contribution in [3.8, 4) is 0 Å². The Hall–Kier alpha value is -1.88. The van der Waals surface area contributed by atoms with E-state index in [2.05, 4.69) is 4.98 Å². The number of benzene rings is 1. The highest BCUT2D eigenvalue weighted by atomic mass is 16.3. The van der Waals surface area contributed by atoms with Crippen molar-refractivity contribution in [2.75, 3.05) is 5.73 Å². The summed E-state index contributed by atoms with van der Waals surface area (Å²) in [6.45, 7) is 4.05. The van der Waals surface area contributed by atoms with Crippen LogP contribution >= 0.6 is 0 Å². The fourth-order valence-electron chi connectivity index (χ4n) is 1.72. The van der Waals surface area contributed by atoms with E-state index in [0.29, 0.717) is 16.6 Å². The van der Waals surface area contributed by atoms with Crippen LogP contribution in [0.5, 0.6) is 0 Å². The number of nitrogens with two attached hydrogens (primary N) is 1. The standard InChI is InChI=1S/C13H17N3O2/c1-8(2)12(17)6-16-7-15-11-4-3-9(14)5-10(11)13(16)18/h3-5,7-8,12,17H,6,14H2,1-2H3. The molecule has 1 heterocycles. The molecule has 0 spiro atoms. The van der Waals surface area contributed by atoms with E-state index in [1.165, 1.54) is 10.9 Å². The second kappa shape index (κ2) is 4.78. The van der Waals surface area contributed by atoms with Crippen LogP contribution in [0.25, 0.3) is 10.9 Å². The predicted molar refractivity (Wildman–Crippen MR) is 71.3 cm³/mol. The van der Waals surface area contributed by atoms with Gasteiger partial charge in [0.05, 0.1) is 29.9 Å². The topological polar surface area (TPSA) is 81.1 Å². The van der Waals surface area contributed by atoms with Gasteiger partial charge >= 0.3 is 0 Å². The molecule has 1 unspecified atom stereocenters. The number of aliphatic hydroxyl groups excluding tert-OH is 1. The van der Waals surface area contributed by atoms with Crippen molar-refractivity contribution in [2.24, 2.45) is 5.92 Å². The molecular formula is C13H17N3O2. The van der Waals surface area contributed by atoms with Gasteiger partial charge < -0.3 is 10.8 Å².